The summed E-state index contributed by atoms with van der Waals surface area (Å²) in [5.74, 6) is 0.334. The SMILES string of the molecule is O=c1oc(-c2ccccc2)c([Se]c2ccc(F)cc2)c2ccccc12. The third-order valence-electron chi connectivity index (χ3n) is 3.86. The van der Waals surface area contributed by atoms with E-state index in [-0.39, 0.29) is 26.4 Å². The fraction of sp³-hybridized carbons (Fsp3) is 0. The van der Waals surface area contributed by atoms with Crippen molar-refractivity contribution in [1.82, 2.24) is 0 Å². The monoisotopic (exact) mass is 396 g/mol. The van der Waals surface area contributed by atoms with Crippen LogP contribution in [0, 0.1) is 5.82 Å². The van der Waals surface area contributed by atoms with Gasteiger partial charge in [-0.05, 0) is 0 Å². The van der Waals surface area contributed by atoms with Crippen molar-refractivity contribution < 1.29 is 8.81 Å². The first-order chi connectivity index (χ1) is 12.2. The van der Waals surface area contributed by atoms with Crippen molar-refractivity contribution >= 4 is 34.7 Å². The van der Waals surface area contributed by atoms with Crippen LogP contribution in [0.5, 0.6) is 0 Å². The van der Waals surface area contributed by atoms with Crippen molar-refractivity contribution in [2.24, 2.45) is 0 Å². The van der Waals surface area contributed by atoms with Gasteiger partial charge in [-0.1, -0.05) is 0 Å². The van der Waals surface area contributed by atoms with Crippen molar-refractivity contribution in [3.63, 3.8) is 0 Å². The Hall–Kier alpha value is -2.68. The average Bonchev–Trinajstić information content (AvgIpc) is 2.66. The first kappa shape index (κ1) is 15.8. The third-order valence-corrected chi connectivity index (χ3v) is 6.21. The molecule has 0 atom stereocenters. The zero-order chi connectivity index (χ0) is 17.2. The van der Waals surface area contributed by atoms with Gasteiger partial charge in [-0.25, -0.2) is 0 Å². The maximum atomic E-state index is 13.2. The molecule has 0 aliphatic carbocycles. The molecule has 4 aromatic rings. The Morgan fingerprint density at radius 1 is 0.760 bits per heavy atom. The molecule has 0 fully saturated rings. The zero-order valence-corrected chi connectivity index (χ0v) is 14.8. The van der Waals surface area contributed by atoms with E-state index in [1.807, 2.05) is 48.5 Å². The quantitative estimate of drug-likeness (QED) is 0.499. The van der Waals surface area contributed by atoms with Crippen LogP contribution in [0.25, 0.3) is 22.1 Å². The fourth-order valence-electron chi connectivity index (χ4n) is 2.68. The van der Waals surface area contributed by atoms with Gasteiger partial charge in [0.2, 0.25) is 0 Å². The normalized spacial score (nSPS) is 10.9. The molecule has 0 saturated carbocycles. The average molecular weight is 395 g/mol. The Bertz CT molecular complexity index is 1090. The van der Waals surface area contributed by atoms with Gasteiger partial charge >= 0.3 is 150 Å². The van der Waals surface area contributed by atoms with E-state index in [0.717, 1.165) is 19.9 Å². The molecule has 1 aromatic heterocycles. The van der Waals surface area contributed by atoms with Crippen LogP contribution in [-0.4, -0.2) is 15.0 Å². The van der Waals surface area contributed by atoms with Crippen molar-refractivity contribution in [2.75, 3.05) is 0 Å². The van der Waals surface area contributed by atoms with Gasteiger partial charge in [-0.2, -0.15) is 0 Å². The number of rotatable bonds is 3. The van der Waals surface area contributed by atoms with Crippen molar-refractivity contribution in [3.8, 4) is 11.3 Å². The second-order valence-corrected chi connectivity index (χ2v) is 7.79. The Morgan fingerprint density at radius 2 is 1.40 bits per heavy atom. The second kappa shape index (κ2) is 6.67. The number of halogens is 1. The topological polar surface area (TPSA) is 30.2 Å². The van der Waals surface area contributed by atoms with Crippen LogP contribution in [0.3, 0.4) is 0 Å². The number of hydrogen-bond acceptors (Lipinski definition) is 2. The van der Waals surface area contributed by atoms with Gasteiger partial charge in [-0.15, -0.1) is 0 Å². The van der Waals surface area contributed by atoms with E-state index < -0.39 is 0 Å². The predicted octanol–water partition coefficient (Wildman–Crippen LogP) is 3.25. The summed E-state index contributed by atoms with van der Waals surface area (Å²) >= 11 is -0.129. The molecule has 4 rings (SSSR count). The summed E-state index contributed by atoms with van der Waals surface area (Å²) in [6.07, 6.45) is 0. The van der Waals surface area contributed by atoms with E-state index in [1.54, 1.807) is 18.2 Å². The summed E-state index contributed by atoms with van der Waals surface area (Å²) in [4.78, 5) is 12.4. The minimum atomic E-state index is -0.340. The van der Waals surface area contributed by atoms with Crippen LogP contribution in [0.2, 0.25) is 0 Å². The Morgan fingerprint density at radius 3 is 2.12 bits per heavy atom. The molecule has 0 amide bonds. The molecular weight excluding hydrogens is 382 g/mol. The predicted molar refractivity (Wildman–Crippen MR) is 99.3 cm³/mol. The van der Waals surface area contributed by atoms with Gasteiger partial charge in [0.1, 0.15) is 0 Å². The van der Waals surface area contributed by atoms with E-state index in [2.05, 4.69) is 0 Å². The molecule has 0 bridgehead atoms. The van der Waals surface area contributed by atoms with E-state index in [9.17, 15) is 9.18 Å². The van der Waals surface area contributed by atoms with Crippen LogP contribution in [0.15, 0.2) is 88.1 Å². The Labute approximate surface area is 150 Å². The first-order valence-electron chi connectivity index (χ1n) is 7.77. The van der Waals surface area contributed by atoms with Crippen molar-refractivity contribution in [3.05, 3.63) is 95.1 Å². The Kier molecular flexibility index (Phi) is 4.22. The molecule has 0 radical (unpaired) electrons. The molecular formula is C21H13FO2Se. The summed E-state index contributed by atoms with van der Waals surface area (Å²) < 4.78 is 20.9. The third kappa shape index (κ3) is 3.14. The van der Waals surface area contributed by atoms with Crippen LogP contribution < -0.4 is 14.5 Å². The molecule has 1 heterocycles. The van der Waals surface area contributed by atoms with Gasteiger partial charge in [-0.3, -0.25) is 0 Å². The van der Waals surface area contributed by atoms with Crippen molar-refractivity contribution in [2.45, 2.75) is 0 Å². The molecule has 3 aromatic carbocycles. The molecule has 0 aliphatic heterocycles. The van der Waals surface area contributed by atoms with Crippen LogP contribution in [-0.2, 0) is 0 Å². The molecule has 0 N–H and O–H groups in total. The van der Waals surface area contributed by atoms with Gasteiger partial charge in [0.05, 0.1) is 0 Å². The Balaban J connectivity index is 1.97. The van der Waals surface area contributed by atoms with E-state index in [1.165, 1.54) is 12.1 Å². The number of benzene rings is 3. The molecule has 122 valence electrons. The minimum absolute atomic E-state index is 0.129. The summed E-state index contributed by atoms with van der Waals surface area (Å²) in [5.41, 5.74) is 0.525. The van der Waals surface area contributed by atoms with Gasteiger partial charge in [0, 0.05) is 0 Å². The van der Waals surface area contributed by atoms with Crippen LogP contribution >= 0.6 is 0 Å². The molecule has 0 spiro atoms. The standard InChI is InChI=1S/C21H13FO2Se/c22-15-10-12-16(13-11-15)25-20-17-8-4-5-9-18(17)21(23)24-19(20)14-6-2-1-3-7-14/h1-13H. The molecule has 25 heavy (non-hydrogen) atoms. The van der Waals surface area contributed by atoms with E-state index in [4.69, 9.17) is 4.42 Å². The van der Waals surface area contributed by atoms with E-state index >= 15 is 0 Å². The zero-order valence-electron chi connectivity index (χ0n) is 13.1. The molecule has 0 aliphatic rings. The summed E-state index contributed by atoms with van der Waals surface area (Å²) in [6, 6.07) is 23.6. The summed E-state index contributed by atoms with van der Waals surface area (Å²) in [7, 11) is 0. The number of hydrogen-bond donors (Lipinski definition) is 0. The van der Waals surface area contributed by atoms with Gasteiger partial charge in [0.25, 0.3) is 0 Å². The molecule has 4 heteroatoms. The fourth-order valence-corrected chi connectivity index (χ4v) is 4.88. The molecule has 2 nitrogen and oxygen atoms in total. The second-order valence-electron chi connectivity index (χ2n) is 5.52. The first-order valence-corrected chi connectivity index (χ1v) is 9.48. The summed E-state index contributed by atoms with van der Waals surface area (Å²) in [5, 5.41) is 1.46. The van der Waals surface area contributed by atoms with Crippen LogP contribution in [0.4, 0.5) is 4.39 Å². The van der Waals surface area contributed by atoms with Gasteiger partial charge in [0.15, 0.2) is 0 Å². The molecule has 0 saturated heterocycles. The van der Waals surface area contributed by atoms with Crippen LogP contribution in [0.1, 0.15) is 0 Å². The molecule has 0 unspecified atom stereocenters. The van der Waals surface area contributed by atoms with Gasteiger partial charge < -0.3 is 0 Å². The summed E-state index contributed by atoms with van der Waals surface area (Å²) in [6.45, 7) is 0. The van der Waals surface area contributed by atoms with E-state index in [0.29, 0.717) is 11.1 Å². The number of fused-ring (bicyclic) bond motifs is 1. The maximum absolute atomic E-state index is 13.2. The van der Waals surface area contributed by atoms with Crippen molar-refractivity contribution in [1.29, 1.82) is 0 Å².